The Kier molecular flexibility index (Phi) is 3.25. The number of hydrogen-bond acceptors (Lipinski definition) is 4. The second-order valence-corrected chi connectivity index (χ2v) is 6.09. The number of nitrogens with two attached hydrogens (primary N) is 1. The van der Waals surface area contributed by atoms with Gasteiger partial charge in [0, 0.05) is 15.6 Å². The molecule has 2 atom stereocenters. The van der Waals surface area contributed by atoms with Crippen molar-refractivity contribution in [3.05, 3.63) is 51.2 Å². The number of halogens is 2. The molecule has 0 spiro atoms. The third-order valence-corrected chi connectivity index (χ3v) is 4.25. The van der Waals surface area contributed by atoms with E-state index in [4.69, 9.17) is 22.1 Å². The van der Waals surface area contributed by atoms with E-state index >= 15 is 0 Å². The van der Waals surface area contributed by atoms with Gasteiger partial charge in [-0.05, 0) is 31.2 Å². The fourth-order valence-electron chi connectivity index (χ4n) is 2.45. The normalized spacial score (nSPS) is 21.6. The van der Waals surface area contributed by atoms with Crippen LogP contribution < -0.4 is 10.5 Å². The van der Waals surface area contributed by atoms with E-state index in [0.717, 1.165) is 4.47 Å². The van der Waals surface area contributed by atoms with Crippen molar-refractivity contribution in [3.8, 4) is 11.5 Å². The Morgan fingerprint density at radius 3 is 2.75 bits per heavy atom. The van der Waals surface area contributed by atoms with Gasteiger partial charge in [-0.2, -0.15) is 0 Å². The van der Waals surface area contributed by atoms with Crippen molar-refractivity contribution in [1.82, 2.24) is 4.98 Å². The number of aliphatic hydroxyl groups is 1. The number of aromatic nitrogens is 1. The molecule has 0 aliphatic carbocycles. The number of rotatable bonds is 1. The predicted molar refractivity (Wildman–Crippen MR) is 80.1 cm³/mol. The van der Waals surface area contributed by atoms with Crippen molar-refractivity contribution in [3.63, 3.8) is 0 Å². The summed E-state index contributed by atoms with van der Waals surface area (Å²) in [6.45, 7) is 1.65. The third kappa shape index (κ3) is 1.93. The van der Waals surface area contributed by atoms with E-state index in [9.17, 15) is 5.11 Å². The summed E-state index contributed by atoms with van der Waals surface area (Å²) in [5, 5.41) is 10.6. The second kappa shape index (κ2) is 4.70. The van der Waals surface area contributed by atoms with Crippen LogP contribution in [0, 0.1) is 0 Å². The van der Waals surface area contributed by atoms with Crippen LogP contribution in [0.2, 0.25) is 5.15 Å². The maximum absolute atomic E-state index is 10.3. The molecule has 0 bridgehead atoms. The van der Waals surface area contributed by atoms with E-state index < -0.39 is 11.6 Å². The van der Waals surface area contributed by atoms with Crippen LogP contribution in [-0.4, -0.2) is 16.2 Å². The zero-order chi connectivity index (χ0) is 14.5. The molecule has 1 aromatic carbocycles. The Morgan fingerprint density at radius 1 is 1.35 bits per heavy atom. The highest BCUT2D eigenvalue weighted by molar-refractivity contribution is 9.10. The first-order valence-electron chi connectivity index (χ1n) is 6.03. The first kappa shape index (κ1) is 13.8. The summed E-state index contributed by atoms with van der Waals surface area (Å²) in [7, 11) is 0. The van der Waals surface area contributed by atoms with Crippen LogP contribution in [0.4, 0.5) is 0 Å². The molecule has 2 aromatic rings. The van der Waals surface area contributed by atoms with Crippen LogP contribution in [0.25, 0.3) is 0 Å². The molecule has 1 aliphatic heterocycles. The fraction of sp³-hybridized carbons (Fsp3) is 0.214. The van der Waals surface area contributed by atoms with Crippen LogP contribution in [0.15, 0.2) is 34.9 Å². The monoisotopic (exact) mass is 354 g/mol. The predicted octanol–water partition coefficient (Wildman–Crippen LogP) is 3.19. The lowest BCUT2D eigenvalue weighted by atomic mass is 9.78. The Hall–Kier alpha value is -1.14. The summed E-state index contributed by atoms with van der Waals surface area (Å²) < 4.78 is 6.66. The Balaban J connectivity index is 2.32. The third-order valence-electron chi connectivity index (χ3n) is 3.55. The number of benzene rings is 1. The smallest absolute Gasteiger partial charge is 0.151 e. The molecule has 0 saturated carbocycles. The molecule has 2 unspecified atom stereocenters. The lowest BCUT2D eigenvalue weighted by molar-refractivity contribution is 0.116. The molecule has 104 valence electrons. The average Bonchev–Trinajstić information content (AvgIpc) is 2.40. The van der Waals surface area contributed by atoms with Gasteiger partial charge in [-0.3, -0.25) is 0 Å². The molecule has 3 N–H and O–H groups in total. The fourth-order valence-corrected chi connectivity index (χ4v) is 2.97. The lowest BCUT2D eigenvalue weighted by Gasteiger charge is -2.39. The van der Waals surface area contributed by atoms with Gasteiger partial charge >= 0.3 is 0 Å². The molecule has 20 heavy (non-hydrogen) atoms. The molecule has 1 aromatic heterocycles. The van der Waals surface area contributed by atoms with Crippen molar-refractivity contribution in [2.45, 2.75) is 18.6 Å². The van der Waals surface area contributed by atoms with E-state index in [1.54, 1.807) is 19.1 Å². The minimum absolute atomic E-state index is 0.307. The van der Waals surface area contributed by atoms with Gasteiger partial charge in [0.05, 0.1) is 12.3 Å². The largest absolute Gasteiger partial charge is 0.455 e. The summed E-state index contributed by atoms with van der Waals surface area (Å²) >= 11 is 9.37. The van der Waals surface area contributed by atoms with Crippen LogP contribution in [-0.2, 0) is 5.54 Å². The molecule has 6 heteroatoms. The van der Waals surface area contributed by atoms with Gasteiger partial charge in [-0.1, -0.05) is 27.5 Å². The van der Waals surface area contributed by atoms with Crippen LogP contribution in [0.1, 0.15) is 18.1 Å². The molecule has 0 radical (unpaired) electrons. The summed E-state index contributed by atoms with van der Waals surface area (Å²) in [5.74, 6) is 1.11. The standard InChI is InChI=1S/C14H12BrClN2O2/c1-7(19)14(17)9-4-8(15)2-3-11(9)20-12-6-18-13(16)5-10(12)14/h2-7,19H,17H2,1H3. The number of nitrogens with zero attached hydrogens (tertiary/aromatic N) is 1. The van der Waals surface area contributed by atoms with Crippen LogP contribution >= 0.6 is 27.5 Å². The van der Waals surface area contributed by atoms with E-state index in [2.05, 4.69) is 20.9 Å². The summed E-state index contributed by atoms with van der Waals surface area (Å²) in [5.41, 5.74) is 6.76. The topological polar surface area (TPSA) is 68.4 Å². The van der Waals surface area contributed by atoms with E-state index in [-0.39, 0.29) is 0 Å². The molecular weight excluding hydrogens is 344 g/mol. The first-order valence-corrected chi connectivity index (χ1v) is 7.21. The molecule has 2 heterocycles. The average molecular weight is 356 g/mol. The zero-order valence-electron chi connectivity index (χ0n) is 10.6. The SMILES string of the molecule is CC(O)C1(N)c2cc(Br)ccc2Oc2cnc(Cl)cc21. The van der Waals surface area contributed by atoms with Gasteiger partial charge in [0.15, 0.2) is 5.75 Å². The number of aliphatic hydroxyl groups excluding tert-OH is 1. The molecule has 0 saturated heterocycles. The van der Waals surface area contributed by atoms with Gasteiger partial charge in [0.25, 0.3) is 0 Å². The van der Waals surface area contributed by atoms with Crippen molar-refractivity contribution in [2.75, 3.05) is 0 Å². The molecular formula is C14H12BrClN2O2. The Morgan fingerprint density at radius 2 is 2.05 bits per heavy atom. The number of ether oxygens (including phenoxy) is 1. The highest BCUT2D eigenvalue weighted by atomic mass is 79.9. The lowest BCUT2D eigenvalue weighted by Crippen LogP contribution is -2.49. The molecule has 4 nitrogen and oxygen atoms in total. The van der Waals surface area contributed by atoms with Gasteiger partial charge in [-0.15, -0.1) is 0 Å². The van der Waals surface area contributed by atoms with E-state index in [1.807, 2.05) is 12.1 Å². The highest BCUT2D eigenvalue weighted by Crippen LogP contribution is 2.47. The molecule has 3 rings (SSSR count). The first-order chi connectivity index (χ1) is 9.42. The number of pyridine rings is 1. The molecule has 0 amide bonds. The maximum Gasteiger partial charge on any atom is 0.151 e. The van der Waals surface area contributed by atoms with Crippen LogP contribution in [0.3, 0.4) is 0 Å². The van der Waals surface area contributed by atoms with Crippen LogP contribution in [0.5, 0.6) is 11.5 Å². The van der Waals surface area contributed by atoms with Gasteiger partial charge in [0.1, 0.15) is 16.4 Å². The number of hydrogen-bond donors (Lipinski definition) is 2. The Bertz CT molecular complexity index is 639. The minimum Gasteiger partial charge on any atom is -0.455 e. The van der Waals surface area contributed by atoms with Crippen molar-refractivity contribution in [1.29, 1.82) is 0 Å². The number of fused-ring (bicyclic) bond motifs is 2. The summed E-state index contributed by atoms with van der Waals surface area (Å²) in [6, 6.07) is 7.14. The molecule has 0 fully saturated rings. The minimum atomic E-state index is -1.10. The van der Waals surface area contributed by atoms with Gasteiger partial charge in [0.2, 0.25) is 0 Å². The summed E-state index contributed by atoms with van der Waals surface area (Å²) in [6.07, 6.45) is 0.698. The summed E-state index contributed by atoms with van der Waals surface area (Å²) in [4.78, 5) is 4.00. The van der Waals surface area contributed by atoms with E-state index in [1.165, 1.54) is 6.20 Å². The van der Waals surface area contributed by atoms with Crippen molar-refractivity contribution < 1.29 is 9.84 Å². The van der Waals surface area contributed by atoms with Gasteiger partial charge in [-0.25, -0.2) is 4.98 Å². The highest BCUT2D eigenvalue weighted by Gasteiger charge is 2.43. The Labute approximate surface area is 129 Å². The second-order valence-electron chi connectivity index (χ2n) is 4.79. The van der Waals surface area contributed by atoms with Gasteiger partial charge < -0.3 is 15.6 Å². The van der Waals surface area contributed by atoms with E-state index in [0.29, 0.717) is 27.8 Å². The quantitative estimate of drug-likeness (QED) is 0.771. The van der Waals surface area contributed by atoms with Crippen molar-refractivity contribution in [2.24, 2.45) is 5.73 Å². The zero-order valence-corrected chi connectivity index (χ0v) is 12.9. The molecule has 1 aliphatic rings. The van der Waals surface area contributed by atoms with Crippen molar-refractivity contribution >= 4 is 27.5 Å². The maximum atomic E-state index is 10.3.